The second-order valence-corrected chi connectivity index (χ2v) is 10.6. The average Bonchev–Trinajstić information content (AvgIpc) is 3.53. The van der Waals surface area contributed by atoms with Gasteiger partial charge < -0.3 is 29.7 Å². The minimum Gasteiger partial charge on any atom is -0.487 e. The molecule has 5 heterocycles. The van der Waals surface area contributed by atoms with Gasteiger partial charge in [-0.05, 0) is 38.5 Å². The molecule has 0 aromatic carbocycles. The Morgan fingerprint density at radius 2 is 1.81 bits per heavy atom. The van der Waals surface area contributed by atoms with Gasteiger partial charge in [-0.25, -0.2) is 9.97 Å². The molecule has 3 aliphatic heterocycles. The minimum atomic E-state index is -0.0958. The Kier molecular flexibility index (Phi) is 7.27. The first-order valence-corrected chi connectivity index (χ1v) is 13.3. The fourth-order valence-corrected chi connectivity index (χ4v) is 5.48. The summed E-state index contributed by atoms with van der Waals surface area (Å²) >= 11 is 0. The third-order valence-electron chi connectivity index (χ3n) is 7.73. The van der Waals surface area contributed by atoms with Crippen molar-refractivity contribution >= 4 is 17.9 Å². The molecule has 11 heteroatoms. The molecule has 0 saturated carbocycles. The van der Waals surface area contributed by atoms with E-state index in [-0.39, 0.29) is 30.0 Å². The van der Waals surface area contributed by atoms with Gasteiger partial charge in [-0.3, -0.25) is 4.79 Å². The molecule has 0 unspecified atom stereocenters. The maximum Gasteiger partial charge on any atom is 0.324 e. The van der Waals surface area contributed by atoms with Crippen molar-refractivity contribution in [3.63, 3.8) is 0 Å². The van der Waals surface area contributed by atoms with Crippen molar-refractivity contribution in [1.82, 2.24) is 25.0 Å². The number of amides is 1. The highest BCUT2D eigenvalue weighted by Crippen LogP contribution is 2.28. The van der Waals surface area contributed by atoms with Gasteiger partial charge in [0.25, 0.3) is 0 Å². The second kappa shape index (κ2) is 10.6. The summed E-state index contributed by atoms with van der Waals surface area (Å²) in [5.41, 5.74) is 6.41. The van der Waals surface area contributed by atoms with Crippen LogP contribution in [0.4, 0.5) is 12.0 Å². The Morgan fingerprint density at radius 3 is 2.47 bits per heavy atom. The lowest BCUT2D eigenvalue weighted by molar-refractivity contribution is -0.135. The molecule has 0 spiro atoms. The van der Waals surface area contributed by atoms with Crippen LogP contribution in [0.3, 0.4) is 0 Å². The van der Waals surface area contributed by atoms with Crippen LogP contribution in [-0.2, 0) is 4.79 Å². The van der Waals surface area contributed by atoms with Gasteiger partial charge in [0.05, 0.1) is 24.5 Å². The van der Waals surface area contributed by atoms with Crippen molar-refractivity contribution in [2.75, 3.05) is 42.5 Å². The van der Waals surface area contributed by atoms with Gasteiger partial charge in [-0.1, -0.05) is 19.0 Å². The lowest BCUT2D eigenvalue weighted by atomic mass is 9.92. The smallest absolute Gasteiger partial charge is 0.324 e. The number of nitrogens with two attached hydrogens (primary N) is 1. The highest BCUT2D eigenvalue weighted by molar-refractivity contribution is 5.77. The van der Waals surface area contributed by atoms with E-state index in [4.69, 9.17) is 15.0 Å². The van der Waals surface area contributed by atoms with Gasteiger partial charge in [-0.15, -0.1) is 0 Å². The number of rotatable bonds is 7. The van der Waals surface area contributed by atoms with E-state index in [0.29, 0.717) is 43.1 Å². The first-order chi connectivity index (χ1) is 17.4. The Balaban J connectivity index is 1.12. The fourth-order valence-electron chi connectivity index (χ4n) is 5.48. The molecule has 0 aliphatic carbocycles. The molecular weight excluding hydrogens is 460 g/mol. The van der Waals surface area contributed by atoms with Gasteiger partial charge in [0, 0.05) is 51.1 Å². The molecule has 2 N–H and O–H groups in total. The highest BCUT2D eigenvalue weighted by atomic mass is 16.5. The minimum absolute atomic E-state index is 0.0207. The maximum atomic E-state index is 12.4. The van der Waals surface area contributed by atoms with Crippen LogP contribution in [0.5, 0.6) is 5.75 Å². The number of nitrogens with zero attached hydrogens (tertiary/aromatic N) is 7. The molecule has 36 heavy (non-hydrogen) atoms. The molecular formula is C25H38N8O3. The normalized spacial score (nSPS) is 24.6. The summed E-state index contributed by atoms with van der Waals surface area (Å²) in [7, 11) is 0. The number of carbonyl (C=O) groups is 1. The molecule has 5 rings (SSSR count). The number of anilines is 2. The van der Waals surface area contributed by atoms with Crippen LogP contribution in [0, 0.1) is 5.92 Å². The van der Waals surface area contributed by atoms with Crippen LogP contribution >= 0.6 is 0 Å². The summed E-state index contributed by atoms with van der Waals surface area (Å²) in [6.07, 6.45) is 8.15. The van der Waals surface area contributed by atoms with Crippen molar-refractivity contribution in [2.24, 2.45) is 11.7 Å². The summed E-state index contributed by atoms with van der Waals surface area (Å²) in [6.45, 7) is 10.1. The van der Waals surface area contributed by atoms with E-state index in [1.54, 1.807) is 12.4 Å². The van der Waals surface area contributed by atoms with Crippen molar-refractivity contribution in [2.45, 2.75) is 77.0 Å². The number of piperidine rings is 2. The van der Waals surface area contributed by atoms with Crippen LogP contribution in [0.2, 0.25) is 0 Å². The summed E-state index contributed by atoms with van der Waals surface area (Å²) in [5, 5.41) is 4.08. The lowest BCUT2D eigenvalue weighted by Gasteiger charge is -2.34. The Hall–Kier alpha value is -2.95. The molecule has 0 bridgehead atoms. The molecule has 3 atom stereocenters. The fraction of sp³-hybridized carbons (Fsp3) is 0.720. The number of ether oxygens (including phenoxy) is 1. The van der Waals surface area contributed by atoms with E-state index in [0.717, 1.165) is 51.1 Å². The van der Waals surface area contributed by atoms with Crippen molar-refractivity contribution < 1.29 is 14.1 Å². The van der Waals surface area contributed by atoms with Crippen LogP contribution < -0.4 is 20.3 Å². The third-order valence-corrected chi connectivity index (χ3v) is 7.73. The van der Waals surface area contributed by atoms with E-state index < -0.39 is 0 Å². The standard InChI is InChI=1S/C25H38N8O3/c1-16(2)23-29-25(36-30-23)31-10-7-18(8-11-31)17(3)35-19-12-27-24(28-13-19)32-14-20(26)21(15-32)33-9-5-4-6-22(33)34/h12-13,16-18,20-21H,4-11,14-15,26H2,1-3H3/t17-,20-,21-/m0/s1. The summed E-state index contributed by atoms with van der Waals surface area (Å²) in [5.74, 6) is 2.94. The van der Waals surface area contributed by atoms with Crippen LogP contribution in [0.1, 0.15) is 64.6 Å². The maximum absolute atomic E-state index is 12.4. The molecule has 3 aliphatic rings. The lowest BCUT2D eigenvalue weighted by Crippen LogP contribution is -2.51. The SMILES string of the molecule is CC(C)c1noc(N2CCC([C@H](C)Oc3cnc(N4C[C@H](N)[C@@H](N5CCCCC5=O)C4)nc3)CC2)n1. The average molecular weight is 499 g/mol. The van der Waals surface area contributed by atoms with E-state index in [1.807, 2.05) is 4.90 Å². The number of likely N-dealkylation sites (tertiary alicyclic amines) is 1. The predicted molar refractivity (Wildman–Crippen MR) is 135 cm³/mol. The van der Waals surface area contributed by atoms with E-state index in [1.165, 1.54) is 0 Å². The zero-order valence-electron chi connectivity index (χ0n) is 21.5. The van der Waals surface area contributed by atoms with Crippen molar-refractivity contribution in [3.8, 4) is 5.75 Å². The zero-order chi connectivity index (χ0) is 25.2. The molecule has 2 aromatic rings. The van der Waals surface area contributed by atoms with E-state index >= 15 is 0 Å². The largest absolute Gasteiger partial charge is 0.487 e. The van der Waals surface area contributed by atoms with Gasteiger partial charge >= 0.3 is 6.01 Å². The molecule has 3 saturated heterocycles. The quantitative estimate of drug-likeness (QED) is 0.607. The monoisotopic (exact) mass is 498 g/mol. The highest BCUT2D eigenvalue weighted by Gasteiger charge is 2.38. The zero-order valence-corrected chi connectivity index (χ0v) is 21.5. The number of carbonyl (C=O) groups excluding carboxylic acids is 1. The second-order valence-electron chi connectivity index (χ2n) is 10.6. The number of hydrogen-bond acceptors (Lipinski definition) is 10. The summed E-state index contributed by atoms with van der Waals surface area (Å²) in [6, 6.07) is 0.539. The molecule has 2 aromatic heterocycles. The van der Waals surface area contributed by atoms with E-state index in [2.05, 4.69) is 50.7 Å². The van der Waals surface area contributed by atoms with Crippen LogP contribution in [0.15, 0.2) is 16.9 Å². The van der Waals surface area contributed by atoms with Gasteiger partial charge in [0.1, 0.15) is 0 Å². The molecule has 3 fully saturated rings. The van der Waals surface area contributed by atoms with Gasteiger partial charge in [0.2, 0.25) is 11.9 Å². The Bertz CT molecular complexity index is 1020. The Morgan fingerprint density at radius 1 is 1.06 bits per heavy atom. The predicted octanol–water partition coefficient (Wildman–Crippen LogP) is 2.20. The van der Waals surface area contributed by atoms with Gasteiger partial charge in [-0.2, -0.15) is 4.98 Å². The first-order valence-electron chi connectivity index (χ1n) is 13.3. The summed E-state index contributed by atoms with van der Waals surface area (Å²) in [4.78, 5) is 32.2. The molecule has 0 radical (unpaired) electrons. The molecule has 1 amide bonds. The van der Waals surface area contributed by atoms with Gasteiger partial charge in [0.15, 0.2) is 11.6 Å². The van der Waals surface area contributed by atoms with Crippen LogP contribution in [-0.4, -0.2) is 81.8 Å². The topological polar surface area (TPSA) is 127 Å². The first kappa shape index (κ1) is 24.7. The number of aromatic nitrogens is 4. The van der Waals surface area contributed by atoms with Crippen LogP contribution in [0.25, 0.3) is 0 Å². The van der Waals surface area contributed by atoms with E-state index in [9.17, 15) is 4.79 Å². The summed E-state index contributed by atoms with van der Waals surface area (Å²) < 4.78 is 11.7. The molecule has 11 nitrogen and oxygen atoms in total. The van der Waals surface area contributed by atoms with Crippen molar-refractivity contribution in [3.05, 3.63) is 18.2 Å². The third kappa shape index (κ3) is 5.25. The van der Waals surface area contributed by atoms with Crippen molar-refractivity contribution in [1.29, 1.82) is 0 Å². The molecule has 196 valence electrons. The Labute approximate surface area is 212 Å². The number of hydrogen-bond donors (Lipinski definition) is 1.